The van der Waals surface area contributed by atoms with E-state index >= 15 is 0 Å². The van der Waals surface area contributed by atoms with Crippen molar-refractivity contribution in [1.29, 1.82) is 0 Å². The molecule has 0 aromatic heterocycles. The van der Waals surface area contributed by atoms with E-state index in [9.17, 15) is 0 Å². The highest BCUT2D eigenvalue weighted by atomic mass is 15.1. The fourth-order valence-electron chi connectivity index (χ4n) is 2.11. The van der Waals surface area contributed by atoms with Crippen LogP contribution in [0.3, 0.4) is 0 Å². The van der Waals surface area contributed by atoms with E-state index < -0.39 is 0 Å². The molecule has 0 aromatic carbocycles. The average Bonchev–Trinajstić information content (AvgIpc) is 2.26. The molecule has 1 aliphatic carbocycles. The van der Waals surface area contributed by atoms with Crippen LogP contribution in [0, 0.1) is 0 Å². The molecule has 84 valence electrons. The second-order valence-corrected chi connectivity index (χ2v) is 4.67. The standard InChI is InChI=1S/C12H26N2/c1-4-14(3)11(2)10-13-12-8-6-5-7-9-12/h11-13H,4-10H2,1-3H3. The van der Waals surface area contributed by atoms with Crippen molar-refractivity contribution >= 4 is 0 Å². The van der Waals surface area contributed by atoms with E-state index in [1.807, 2.05) is 0 Å². The van der Waals surface area contributed by atoms with Crippen molar-refractivity contribution in [2.45, 2.75) is 58.0 Å². The maximum absolute atomic E-state index is 3.69. The molecule has 0 heterocycles. The monoisotopic (exact) mass is 198 g/mol. The summed E-state index contributed by atoms with van der Waals surface area (Å²) in [5.41, 5.74) is 0. The molecule has 0 amide bonds. The van der Waals surface area contributed by atoms with E-state index in [0.717, 1.165) is 19.1 Å². The van der Waals surface area contributed by atoms with Gasteiger partial charge >= 0.3 is 0 Å². The molecule has 14 heavy (non-hydrogen) atoms. The summed E-state index contributed by atoms with van der Waals surface area (Å²) in [6, 6.07) is 1.47. The zero-order valence-electron chi connectivity index (χ0n) is 10.1. The van der Waals surface area contributed by atoms with Gasteiger partial charge in [-0.2, -0.15) is 0 Å². The maximum Gasteiger partial charge on any atom is 0.0189 e. The van der Waals surface area contributed by atoms with Crippen molar-refractivity contribution in [3.05, 3.63) is 0 Å². The lowest BCUT2D eigenvalue weighted by molar-refractivity contribution is 0.247. The molecule has 1 atom stereocenters. The Bertz CT molecular complexity index is 139. The summed E-state index contributed by atoms with van der Waals surface area (Å²) in [6.07, 6.45) is 7.08. The molecule has 0 saturated heterocycles. The summed E-state index contributed by atoms with van der Waals surface area (Å²) < 4.78 is 0. The van der Waals surface area contributed by atoms with Crippen LogP contribution in [0.5, 0.6) is 0 Å². The first-order valence-electron chi connectivity index (χ1n) is 6.17. The van der Waals surface area contributed by atoms with E-state index in [4.69, 9.17) is 0 Å². The van der Waals surface area contributed by atoms with Crippen LogP contribution in [0.15, 0.2) is 0 Å². The predicted molar refractivity (Wildman–Crippen MR) is 62.6 cm³/mol. The molecule has 1 fully saturated rings. The number of nitrogens with one attached hydrogen (secondary N) is 1. The van der Waals surface area contributed by atoms with E-state index in [2.05, 4.69) is 31.1 Å². The van der Waals surface area contributed by atoms with Gasteiger partial charge in [0.15, 0.2) is 0 Å². The zero-order chi connectivity index (χ0) is 10.4. The Morgan fingerprint density at radius 1 is 1.29 bits per heavy atom. The van der Waals surface area contributed by atoms with Gasteiger partial charge < -0.3 is 10.2 Å². The number of hydrogen-bond donors (Lipinski definition) is 1. The molecule has 2 heteroatoms. The van der Waals surface area contributed by atoms with Gasteiger partial charge in [-0.05, 0) is 33.4 Å². The number of likely N-dealkylation sites (N-methyl/N-ethyl adjacent to an activating group) is 1. The topological polar surface area (TPSA) is 15.3 Å². The third-order valence-corrected chi connectivity index (χ3v) is 3.56. The fourth-order valence-corrected chi connectivity index (χ4v) is 2.11. The number of nitrogens with zero attached hydrogens (tertiary/aromatic N) is 1. The molecule has 1 aliphatic rings. The van der Waals surface area contributed by atoms with E-state index in [0.29, 0.717) is 6.04 Å². The summed E-state index contributed by atoms with van der Waals surface area (Å²) in [7, 11) is 2.20. The highest BCUT2D eigenvalue weighted by molar-refractivity contribution is 4.74. The van der Waals surface area contributed by atoms with Crippen molar-refractivity contribution in [2.75, 3.05) is 20.1 Å². The van der Waals surface area contributed by atoms with E-state index in [-0.39, 0.29) is 0 Å². The molecule has 1 rings (SSSR count). The van der Waals surface area contributed by atoms with Crippen LogP contribution >= 0.6 is 0 Å². The first-order chi connectivity index (χ1) is 6.74. The SMILES string of the molecule is CCN(C)C(C)CNC1CCCCC1. The smallest absolute Gasteiger partial charge is 0.0189 e. The summed E-state index contributed by atoms with van der Waals surface area (Å²) in [4.78, 5) is 2.40. The highest BCUT2D eigenvalue weighted by Gasteiger charge is 2.14. The minimum atomic E-state index is 0.668. The van der Waals surface area contributed by atoms with Gasteiger partial charge in [0.25, 0.3) is 0 Å². The number of hydrogen-bond acceptors (Lipinski definition) is 2. The molecule has 0 spiro atoms. The van der Waals surface area contributed by atoms with Crippen molar-refractivity contribution in [3.63, 3.8) is 0 Å². The zero-order valence-corrected chi connectivity index (χ0v) is 10.1. The minimum Gasteiger partial charge on any atom is -0.312 e. The second-order valence-electron chi connectivity index (χ2n) is 4.67. The first-order valence-corrected chi connectivity index (χ1v) is 6.17. The van der Waals surface area contributed by atoms with Gasteiger partial charge in [-0.3, -0.25) is 0 Å². The Morgan fingerprint density at radius 2 is 1.93 bits per heavy atom. The Morgan fingerprint density at radius 3 is 2.50 bits per heavy atom. The normalized spacial score (nSPS) is 21.4. The van der Waals surface area contributed by atoms with Gasteiger partial charge in [-0.1, -0.05) is 26.2 Å². The predicted octanol–water partition coefficient (Wildman–Crippen LogP) is 2.25. The van der Waals surface area contributed by atoms with Gasteiger partial charge in [-0.15, -0.1) is 0 Å². The van der Waals surface area contributed by atoms with Crippen LogP contribution in [0.4, 0.5) is 0 Å². The Labute approximate surface area is 89.1 Å². The molecule has 1 N–H and O–H groups in total. The molecule has 1 unspecified atom stereocenters. The van der Waals surface area contributed by atoms with Crippen molar-refractivity contribution in [2.24, 2.45) is 0 Å². The molecular weight excluding hydrogens is 172 g/mol. The van der Waals surface area contributed by atoms with Crippen LogP contribution in [0.1, 0.15) is 46.0 Å². The summed E-state index contributed by atoms with van der Waals surface area (Å²) in [6.45, 7) is 6.82. The average molecular weight is 198 g/mol. The molecule has 0 radical (unpaired) electrons. The molecule has 0 aliphatic heterocycles. The quantitative estimate of drug-likeness (QED) is 0.729. The molecule has 2 nitrogen and oxygen atoms in total. The van der Waals surface area contributed by atoms with Crippen LogP contribution in [0.2, 0.25) is 0 Å². The van der Waals surface area contributed by atoms with Crippen LogP contribution in [0.25, 0.3) is 0 Å². The van der Waals surface area contributed by atoms with Gasteiger partial charge in [0.1, 0.15) is 0 Å². The molecule has 0 aromatic rings. The summed E-state index contributed by atoms with van der Waals surface area (Å²) in [5, 5.41) is 3.69. The molecule has 0 bridgehead atoms. The Kier molecular flexibility index (Phi) is 5.49. The maximum atomic E-state index is 3.69. The van der Waals surface area contributed by atoms with Gasteiger partial charge in [0.05, 0.1) is 0 Å². The van der Waals surface area contributed by atoms with Gasteiger partial charge in [-0.25, -0.2) is 0 Å². The Hall–Kier alpha value is -0.0800. The third-order valence-electron chi connectivity index (χ3n) is 3.56. The Balaban J connectivity index is 2.12. The lowest BCUT2D eigenvalue weighted by atomic mass is 9.95. The minimum absolute atomic E-state index is 0.668. The van der Waals surface area contributed by atoms with E-state index in [1.165, 1.54) is 32.1 Å². The molecular formula is C12H26N2. The second kappa shape index (κ2) is 6.41. The van der Waals surface area contributed by atoms with E-state index in [1.54, 1.807) is 0 Å². The van der Waals surface area contributed by atoms with Crippen LogP contribution in [-0.2, 0) is 0 Å². The lowest BCUT2D eigenvalue weighted by Crippen LogP contribution is -2.42. The largest absolute Gasteiger partial charge is 0.312 e. The highest BCUT2D eigenvalue weighted by Crippen LogP contribution is 2.17. The summed E-state index contributed by atoms with van der Waals surface area (Å²) >= 11 is 0. The van der Waals surface area contributed by atoms with Crippen molar-refractivity contribution < 1.29 is 0 Å². The summed E-state index contributed by atoms with van der Waals surface area (Å²) in [5.74, 6) is 0. The number of rotatable bonds is 5. The van der Waals surface area contributed by atoms with Crippen LogP contribution < -0.4 is 5.32 Å². The first kappa shape index (κ1) is 12.0. The van der Waals surface area contributed by atoms with Crippen molar-refractivity contribution in [3.8, 4) is 0 Å². The van der Waals surface area contributed by atoms with Gasteiger partial charge in [0.2, 0.25) is 0 Å². The molecule has 1 saturated carbocycles. The van der Waals surface area contributed by atoms with Crippen molar-refractivity contribution in [1.82, 2.24) is 10.2 Å². The van der Waals surface area contributed by atoms with Gasteiger partial charge in [0, 0.05) is 18.6 Å². The lowest BCUT2D eigenvalue weighted by Gasteiger charge is -2.28. The third kappa shape index (κ3) is 3.97. The fraction of sp³-hybridized carbons (Fsp3) is 1.00. The van der Waals surface area contributed by atoms with Crippen LogP contribution in [-0.4, -0.2) is 37.1 Å².